The zero-order valence-electron chi connectivity index (χ0n) is 19.6. The van der Waals surface area contributed by atoms with E-state index in [0.717, 1.165) is 10.9 Å². The van der Waals surface area contributed by atoms with Gasteiger partial charge in [-0.1, -0.05) is 6.07 Å². The third-order valence-corrected chi connectivity index (χ3v) is 6.21. The topological polar surface area (TPSA) is 126 Å². The van der Waals surface area contributed by atoms with E-state index in [1.54, 1.807) is 13.0 Å². The Bertz CT molecular complexity index is 1320. The van der Waals surface area contributed by atoms with Crippen molar-refractivity contribution in [3.05, 3.63) is 47.3 Å². The molecule has 3 N–H and O–H groups in total. The van der Waals surface area contributed by atoms with Gasteiger partial charge in [0, 0.05) is 24.6 Å². The first kappa shape index (κ1) is 25.6. The summed E-state index contributed by atoms with van der Waals surface area (Å²) in [6.07, 6.45) is -3.22. The summed E-state index contributed by atoms with van der Waals surface area (Å²) in [5.41, 5.74) is -1.60. The van der Waals surface area contributed by atoms with Gasteiger partial charge < -0.3 is 15.5 Å². The highest BCUT2D eigenvalue weighted by atomic mass is 19.3. The van der Waals surface area contributed by atoms with Crippen LogP contribution in [0.1, 0.15) is 43.5 Å². The van der Waals surface area contributed by atoms with Gasteiger partial charge >= 0.3 is 0 Å². The average molecular weight is 508 g/mol. The molecule has 2 unspecified atom stereocenters. The third kappa shape index (κ3) is 4.80. The SMILES string of the molecule is Cc1cc(F)c(-c2nnn(C)n2)c(-c2cnc([C@@H](C)NC(=O)C3(O)CCC(F)(F)CC3O)c(F)c2)c1. The molecule has 3 aromatic rings. The van der Waals surface area contributed by atoms with Gasteiger partial charge in [-0.05, 0) is 48.7 Å². The number of aryl methyl sites for hydroxylation is 2. The highest BCUT2D eigenvalue weighted by Gasteiger charge is 2.53. The molecule has 9 nitrogen and oxygen atoms in total. The van der Waals surface area contributed by atoms with Gasteiger partial charge in [0.25, 0.3) is 11.8 Å². The van der Waals surface area contributed by atoms with Gasteiger partial charge in [-0.15, -0.1) is 10.2 Å². The lowest BCUT2D eigenvalue weighted by Gasteiger charge is -2.39. The number of benzene rings is 1. The van der Waals surface area contributed by atoms with Crippen molar-refractivity contribution in [3.8, 4) is 22.5 Å². The number of tetrazole rings is 1. The largest absolute Gasteiger partial charge is 0.389 e. The van der Waals surface area contributed by atoms with Crippen LogP contribution in [0.5, 0.6) is 0 Å². The number of nitrogens with one attached hydrogen (secondary N) is 1. The highest BCUT2D eigenvalue weighted by Crippen LogP contribution is 2.39. The van der Waals surface area contributed by atoms with Gasteiger partial charge in [0.1, 0.15) is 11.6 Å². The first-order valence-electron chi connectivity index (χ1n) is 11.1. The van der Waals surface area contributed by atoms with Gasteiger partial charge in [0.05, 0.1) is 30.5 Å². The van der Waals surface area contributed by atoms with Crippen molar-refractivity contribution in [3.63, 3.8) is 0 Å². The summed E-state index contributed by atoms with van der Waals surface area (Å²) in [4.78, 5) is 17.9. The fourth-order valence-electron chi connectivity index (χ4n) is 4.24. The van der Waals surface area contributed by atoms with Crippen LogP contribution in [-0.2, 0) is 11.8 Å². The molecule has 0 aliphatic heterocycles. The molecule has 0 saturated heterocycles. The molecule has 192 valence electrons. The molecule has 0 spiro atoms. The number of aliphatic hydroxyl groups excluding tert-OH is 1. The Labute approximate surface area is 203 Å². The van der Waals surface area contributed by atoms with Crippen molar-refractivity contribution >= 4 is 5.91 Å². The molecule has 2 heterocycles. The molecule has 1 fully saturated rings. The molecule has 1 aliphatic rings. The number of hydrogen-bond acceptors (Lipinski definition) is 7. The molecule has 1 saturated carbocycles. The molecule has 2 aromatic heterocycles. The van der Waals surface area contributed by atoms with Gasteiger partial charge in [0.2, 0.25) is 5.82 Å². The number of amides is 1. The summed E-state index contributed by atoms with van der Waals surface area (Å²) in [7, 11) is 1.52. The summed E-state index contributed by atoms with van der Waals surface area (Å²) in [6, 6.07) is 2.92. The Morgan fingerprint density at radius 3 is 2.56 bits per heavy atom. The molecule has 4 rings (SSSR count). The Morgan fingerprint density at radius 1 is 1.22 bits per heavy atom. The lowest BCUT2D eigenvalue weighted by Crippen LogP contribution is -2.59. The molecule has 1 aliphatic carbocycles. The average Bonchev–Trinajstić information content (AvgIpc) is 3.21. The number of nitrogens with zero attached hydrogens (tertiary/aromatic N) is 5. The van der Waals surface area contributed by atoms with Crippen LogP contribution in [0.25, 0.3) is 22.5 Å². The van der Waals surface area contributed by atoms with Crippen molar-refractivity contribution < 1.29 is 32.6 Å². The number of pyridine rings is 1. The van der Waals surface area contributed by atoms with Crippen LogP contribution in [0, 0.1) is 18.6 Å². The highest BCUT2D eigenvalue weighted by molar-refractivity contribution is 5.86. The van der Waals surface area contributed by atoms with E-state index in [0.29, 0.717) is 5.56 Å². The van der Waals surface area contributed by atoms with E-state index < -0.39 is 60.5 Å². The number of rotatable bonds is 5. The second kappa shape index (κ2) is 9.21. The Hall–Kier alpha value is -3.45. The van der Waals surface area contributed by atoms with Crippen molar-refractivity contribution in [2.75, 3.05) is 0 Å². The van der Waals surface area contributed by atoms with Crippen molar-refractivity contribution in [2.45, 2.75) is 56.8 Å². The Kier molecular flexibility index (Phi) is 6.56. The van der Waals surface area contributed by atoms with E-state index in [-0.39, 0.29) is 28.2 Å². The van der Waals surface area contributed by atoms with Crippen molar-refractivity contribution in [1.29, 1.82) is 0 Å². The molecule has 36 heavy (non-hydrogen) atoms. The number of alkyl halides is 2. The van der Waals surface area contributed by atoms with Crippen LogP contribution in [0.15, 0.2) is 24.4 Å². The lowest BCUT2D eigenvalue weighted by molar-refractivity contribution is -0.184. The van der Waals surface area contributed by atoms with E-state index in [1.165, 1.54) is 26.2 Å². The molecule has 3 atom stereocenters. The molecule has 0 radical (unpaired) electrons. The number of carbonyl (C=O) groups is 1. The number of hydrogen-bond donors (Lipinski definition) is 3. The fourth-order valence-corrected chi connectivity index (χ4v) is 4.24. The van der Waals surface area contributed by atoms with Gasteiger partial charge in [0.15, 0.2) is 5.60 Å². The quantitative estimate of drug-likeness (QED) is 0.453. The summed E-state index contributed by atoms with van der Waals surface area (Å²) in [6.45, 7) is 3.05. The van der Waals surface area contributed by atoms with Gasteiger partial charge in [-0.25, -0.2) is 17.6 Å². The van der Waals surface area contributed by atoms with E-state index >= 15 is 4.39 Å². The molecule has 0 bridgehead atoms. The number of aromatic nitrogens is 5. The second-order valence-electron chi connectivity index (χ2n) is 9.06. The van der Waals surface area contributed by atoms with E-state index in [2.05, 4.69) is 25.7 Å². The third-order valence-electron chi connectivity index (χ3n) is 6.21. The minimum absolute atomic E-state index is 0.0000212. The van der Waals surface area contributed by atoms with Crippen molar-refractivity contribution in [2.24, 2.45) is 7.05 Å². The van der Waals surface area contributed by atoms with E-state index in [9.17, 15) is 28.2 Å². The predicted molar refractivity (Wildman–Crippen MR) is 118 cm³/mol. The molecule has 1 amide bonds. The van der Waals surface area contributed by atoms with Gasteiger partial charge in [-0.3, -0.25) is 9.78 Å². The first-order chi connectivity index (χ1) is 16.8. The minimum atomic E-state index is -3.20. The monoisotopic (exact) mass is 508 g/mol. The fraction of sp³-hybridized carbons (Fsp3) is 0.435. The zero-order chi connectivity index (χ0) is 26.4. The van der Waals surface area contributed by atoms with Crippen LogP contribution < -0.4 is 5.32 Å². The Balaban J connectivity index is 1.61. The molecule has 13 heteroatoms. The van der Waals surface area contributed by atoms with Crippen LogP contribution in [0.2, 0.25) is 0 Å². The zero-order valence-corrected chi connectivity index (χ0v) is 19.6. The number of aliphatic hydroxyl groups is 2. The number of halogens is 4. The van der Waals surface area contributed by atoms with E-state index in [1.807, 2.05) is 0 Å². The molecule has 1 aromatic carbocycles. The van der Waals surface area contributed by atoms with E-state index in [4.69, 9.17) is 0 Å². The summed E-state index contributed by atoms with van der Waals surface area (Å²) in [5.74, 6) is -5.79. The van der Waals surface area contributed by atoms with Crippen LogP contribution >= 0.6 is 0 Å². The first-order valence-corrected chi connectivity index (χ1v) is 11.1. The van der Waals surface area contributed by atoms with Crippen LogP contribution in [0.4, 0.5) is 17.6 Å². The normalized spacial score (nSPS) is 22.3. The summed E-state index contributed by atoms with van der Waals surface area (Å²) >= 11 is 0. The maximum absolute atomic E-state index is 15.1. The standard InChI is InChI=1S/C23H24F4N6O3/c1-11-6-14(18(15(24)7-11)20-30-32-33(3)31-20)13-8-16(25)19(28-10-13)12(2)29-21(35)23(36)5-4-22(26,27)9-17(23)34/h6-8,10,12,17,34,36H,4-5,9H2,1-3H3,(H,29,35)/t12-,17?,23?/m1/s1. The Morgan fingerprint density at radius 2 is 1.94 bits per heavy atom. The summed E-state index contributed by atoms with van der Waals surface area (Å²) < 4.78 is 57.0. The second-order valence-corrected chi connectivity index (χ2v) is 9.06. The maximum atomic E-state index is 15.1. The smallest absolute Gasteiger partial charge is 0.255 e. The maximum Gasteiger partial charge on any atom is 0.255 e. The van der Waals surface area contributed by atoms with Crippen LogP contribution in [-0.4, -0.2) is 58.9 Å². The minimum Gasteiger partial charge on any atom is -0.389 e. The number of carbonyl (C=O) groups excluding carboxylic acids is 1. The predicted octanol–water partition coefficient (Wildman–Crippen LogP) is 2.61. The van der Waals surface area contributed by atoms with Crippen LogP contribution in [0.3, 0.4) is 0 Å². The lowest BCUT2D eigenvalue weighted by atomic mass is 9.79. The van der Waals surface area contributed by atoms with Gasteiger partial charge in [-0.2, -0.15) is 4.80 Å². The summed E-state index contributed by atoms with van der Waals surface area (Å²) in [5, 5.41) is 34.4. The molecular weight excluding hydrogens is 484 g/mol. The molecular formula is C23H24F4N6O3. The van der Waals surface area contributed by atoms with Crippen molar-refractivity contribution in [1.82, 2.24) is 30.5 Å².